The van der Waals surface area contributed by atoms with Crippen LogP contribution in [0.25, 0.3) is 11.1 Å². The van der Waals surface area contributed by atoms with E-state index < -0.39 is 0 Å². The molecule has 1 saturated carbocycles. The van der Waals surface area contributed by atoms with Crippen LogP contribution in [-0.4, -0.2) is 13.2 Å². The zero-order chi connectivity index (χ0) is 17.6. The Balaban J connectivity index is 1.72. The first kappa shape index (κ1) is 17.9. The predicted octanol–water partition coefficient (Wildman–Crippen LogP) is 6.28. The molecule has 0 heterocycles. The lowest BCUT2D eigenvalue weighted by Gasteiger charge is -2.28. The third-order valence-electron chi connectivity index (χ3n) is 5.37. The number of ether oxygens (including phenoxy) is 1. The summed E-state index contributed by atoms with van der Waals surface area (Å²) in [6.07, 6.45) is 8.32. The van der Waals surface area contributed by atoms with Crippen molar-refractivity contribution in [2.24, 2.45) is 0 Å². The van der Waals surface area contributed by atoms with Crippen LogP contribution in [0.1, 0.15) is 49.1 Å². The first-order valence-corrected chi connectivity index (χ1v) is 9.23. The SMILES string of the molecule is C=CCCc1ccc(-c2ccc(C3CCC(OC)CC3)c(F)c2)cc1. The molecular weight excluding hydrogens is 311 g/mol. The molecule has 0 atom stereocenters. The van der Waals surface area contributed by atoms with E-state index in [4.69, 9.17) is 4.74 Å². The molecule has 2 heteroatoms. The number of hydrogen-bond acceptors (Lipinski definition) is 1. The van der Waals surface area contributed by atoms with E-state index in [1.165, 1.54) is 5.56 Å². The van der Waals surface area contributed by atoms with Crippen molar-refractivity contribution in [1.29, 1.82) is 0 Å². The van der Waals surface area contributed by atoms with Crippen molar-refractivity contribution in [3.63, 3.8) is 0 Å². The van der Waals surface area contributed by atoms with Gasteiger partial charge in [0.15, 0.2) is 0 Å². The Morgan fingerprint density at radius 3 is 2.32 bits per heavy atom. The smallest absolute Gasteiger partial charge is 0.127 e. The molecule has 132 valence electrons. The van der Waals surface area contributed by atoms with Gasteiger partial charge in [-0.05, 0) is 72.8 Å². The molecule has 2 aromatic carbocycles. The molecule has 0 spiro atoms. The molecule has 3 rings (SSSR count). The summed E-state index contributed by atoms with van der Waals surface area (Å²) in [5, 5.41) is 0. The van der Waals surface area contributed by atoms with Gasteiger partial charge in [0.05, 0.1) is 6.10 Å². The summed E-state index contributed by atoms with van der Waals surface area (Å²) in [5.74, 6) is 0.246. The van der Waals surface area contributed by atoms with Gasteiger partial charge in [-0.2, -0.15) is 0 Å². The molecule has 0 saturated heterocycles. The molecule has 1 fully saturated rings. The van der Waals surface area contributed by atoms with Gasteiger partial charge in [0, 0.05) is 7.11 Å². The van der Waals surface area contributed by atoms with E-state index in [0.717, 1.165) is 55.2 Å². The molecule has 0 N–H and O–H groups in total. The maximum atomic E-state index is 14.7. The van der Waals surface area contributed by atoms with E-state index >= 15 is 0 Å². The molecule has 1 aliphatic carbocycles. The van der Waals surface area contributed by atoms with Gasteiger partial charge in [0.2, 0.25) is 0 Å². The Kier molecular flexibility index (Phi) is 6.04. The van der Waals surface area contributed by atoms with Crippen LogP contribution in [0.15, 0.2) is 55.1 Å². The normalized spacial score (nSPS) is 20.4. The number of rotatable bonds is 6. The lowest BCUT2D eigenvalue weighted by molar-refractivity contribution is 0.0655. The second kappa shape index (κ2) is 8.44. The predicted molar refractivity (Wildman–Crippen MR) is 102 cm³/mol. The van der Waals surface area contributed by atoms with Crippen LogP contribution in [0.2, 0.25) is 0 Å². The first-order valence-electron chi connectivity index (χ1n) is 9.23. The van der Waals surface area contributed by atoms with E-state index in [1.54, 1.807) is 13.2 Å². The highest BCUT2D eigenvalue weighted by Crippen LogP contribution is 2.36. The number of hydrogen-bond donors (Lipinski definition) is 0. The monoisotopic (exact) mass is 338 g/mol. The Morgan fingerprint density at radius 1 is 1.04 bits per heavy atom. The quantitative estimate of drug-likeness (QED) is 0.563. The fourth-order valence-electron chi connectivity index (χ4n) is 3.78. The number of halogens is 1. The molecule has 0 radical (unpaired) electrons. The summed E-state index contributed by atoms with van der Waals surface area (Å²) in [7, 11) is 1.77. The maximum absolute atomic E-state index is 14.7. The van der Waals surface area contributed by atoms with Gasteiger partial charge in [0.25, 0.3) is 0 Å². The van der Waals surface area contributed by atoms with Crippen LogP contribution >= 0.6 is 0 Å². The summed E-state index contributed by atoms with van der Waals surface area (Å²) in [6, 6.07) is 14.1. The van der Waals surface area contributed by atoms with Crippen LogP contribution in [-0.2, 0) is 11.2 Å². The van der Waals surface area contributed by atoms with Gasteiger partial charge < -0.3 is 4.74 Å². The van der Waals surface area contributed by atoms with Crippen LogP contribution < -0.4 is 0 Å². The Labute approximate surface area is 150 Å². The number of methoxy groups -OCH3 is 1. The van der Waals surface area contributed by atoms with Crippen molar-refractivity contribution < 1.29 is 9.13 Å². The number of aryl methyl sites for hydroxylation is 1. The zero-order valence-electron chi connectivity index (χ0n) is 15.0. The standard InChI is InChI=1S/C23H27FO/c1-3-4-5-17-6-8-18(9-7-17)20-12-15-22(23(24)16-20)19-10-13-21(25-2)14-11-19/h3,6-9,12,15-16,19,21H,1,4-5,10-11,13-14H2,2H3. The lowest BCUT2D eigenvalue weighted by atomic mass is 9.82. The minimum atomic E-state index is -0.0749. The van der Waals surface area contributed by atoms with Crippen LogP contribution in [0.5, 0.6) is 0 Å². The van der Waals surface area contributed by atoms with Crippen LogP contribution in [0.3, 0.4) is 0 Å². The second-order valence-electron chi connectivity index (χ2n) is 6.97. The summed E-state index contributed by atoms with van der Waals surface area (Å²) in [5.41, 5.74) is 4.16. The van der Waals surface area contributed by atoms with E-state index in [0.29, 0.717) is 12.0 Å². The molecule has 0 aromatic heterocycles. The Morgan fingerprint density at radius 2 is 1.72 bits per heavy atom. The average Bonchev–Trinajstić information content (AvgIpc) is 2.67. The van der Waals surface area contributed by atoms with Gasteiger partial charge in [-0.15, -0.1) is 6.58 Å². The fourth-order valence-corrected chi connectivity index (χ4v) is 3.78. The molecule has 2 aromatic rings. The van der Waals surface area contributed by atoms with Crippen molar-refractivity contribution in [3.05, 3.63) is 72.1 Å². The van der Waals surface area contributed by atoms with Crippen LogP contribution in [0, 0.1) is 5.82 Å². The highest BCUT2D eigenvalue weighted by Gasteiger charge is 2.24. The third-order valence-corrected chi connectivity index (χ3v) is 5.37. The topological polar surface area (TPSA) is 9.23 Å². The highest BCUT2D eigenvalue weighted by molar-refractivity contribution is 5.64. The lowest BCUT2D eigenvalue weighted by Crippen LogP contribution is -2.19. The third kappa shape index (κ3) is 4.38. The summed E-state index contributed by atoms with van der Waals surface area (Å²) in [6.45, 7) is 3.76. The molecule has 0 unspecified atom stereocenters. The zero-order valence-corrected chi connectivity index (χ0v) is 15.0. The van der Waals surface area contributed by atoms with Gasteiger partial charge in [-0.1, -0.05) is 42.5 Å². The average molecular weight is 338 g/mol. The minimum absolute atomic E-state index is 0.0749. The van der Waals surface area contributed by atoms with E-state index in [9.17, 15) is 4.39 Å². The fraction of sp³-hybridized carbons (Fsp3) is 0.391. The van der Waals surface area contributed by atoms with Gasteiger partial charge in [-0.25, -0.2) is 4.39 Å². The largest absolute Gasteiger partial charge is 0.381 e. The van der Waals surface area contributed by atoms with E-state index in [-0.39, 0.29) is 5.82 Å². The van der Waals surface area contributed by atoms with Crippen LogP contribution in [0.4, 0.5) is 4.39 Å². The molecule has 1 nitrogen and oxygen atoms in total. The molecule has 25 heavy (non-hydrogen) atoms. The molecular formula is C23H27FO. The number of benzene rings is 2. The summed E-state index contributed by atoms with van der Waals surface area (Å²) < 4.78 is 20.1. The molecule has 0 aliphatic heterocycles. The van der Waals surface area contributed by atoms with Crippen molar-refractivity contribution in [1.82, 2.24) is 0 Å². The maximum Gasteiger partial charge on any atom is 0.127 e. The summed E-state index contributed by atoms with van der Waals surface area (Å²) in [4.78, 5) is 0. The minimum Gasteiger partial charge on any atom is -0.381 e. The molecule has 0 bridgehead atoms. The van der Waals surface area contributed by atoms with Crippen molar-refractivity contribution >= 4 is 0 Å². The second-order valence-corrected chi connectivity index (χ2v) is 6.97. The van der Waals surface area contributed by atoms with E-state index in [1.807, 2.05) is 12.1 Å². The molecule has 0 amide bonds. The van der Waals surface area contributed by atoms with E-state index in [2.05, 4.69) is 36.9 Å². The Hall–Kier alpha value is -1.93. The molecule has 1 aliphatic rings. The Bertz CT molecular complexity index is 697. The van der Waals surface area contributed by atoms with Gasteiger partial charge >= 0.3 is 0 Å². The number of allylic oxidation sites excluding steroid dienone is 1. The highest BCUT2D eigenvalue weighted by atomic mass is 19.1. The van der Waals surface area contributed by atoms with Crippen molar-refractivity contribution in [2.45, 2.75) is 50.5 Å². The first-order chi connectivity index (χ1) is 12.2. The van der Waals surface area contributed by atoms with Crippen molar-refractivity contribution in [3.8, 4) is 11.1 Å². The van der Waals surface area contributed by atoms with Crippen molar-refractivity contribution in [2.75, 3.05) is 7.11 Å². The van der Waals surface area contributed by atoms with Gasteiger partial charge in [-0.3, -0.25) is 0 Å². The summed E-state index contributed by atoms with van der Waals surface area (Å²) >= 11 is 0. The van der Waals surface area contributed by atoms with Gasteiger partial charge in [0.1, 0.15) is 5.82 Å².